The summed E-state index contributed by atoms with van der Waals surface area (Å²) in [6.07, 6.45) is 2.01. The van der Waals surface area contributed by atoms with Crippen molar-refractivity contribution < 1.29 is 18.0 Å². The second-order valence-electron chi connectivity index (χ2n) is 10.5. The molecule has 4 aromatic carbocycles. The van der Waals surface area contributed by atoms with Crippen LogP contribution in [0.3, 0.4) is 0 Å². The summed E-state index contributed by atoms with van der Waals surface area (Å²) >= 11 is 0. The van der Waals surface area contributed by atoms with Crippen LogP contribution in [0, 0.1) is 6.92 Å². The minimum atomic E-state index is -4.11. The van der Waals surface area contributed by atoms with Gasteiger partial charge in [-0.2, -0.15) is 0 Å². The Bertz CT molecular complexity index is 1580. The third-order valence-corrected chi connectivity index (χ3v) is 8.98. The van der Waals surface area contributed by atoms with Gasteiger partial charge < -0.3 is 10.2 Å². The van der Waals surface area contributed by atoms with Crippen molar-refractivity contribution in [3.8, 4) is 0 Å². The molecule has 0 spiro atoms. The summed E-state index contributed by atoms with van der Waals surface area (Å²) in [4.78, 5) is 29.7. The monoisotopic (exact) mass is 597 g/mol. The number of benzene rings is 4. The maximum absolute atomic E-state index is 14.4. The zero-order valence-corrected chi connectivity index (χ0v) is 25.5. The predicted octanol–water partition coefficient (Wildman–Crippen LogP) is 5.75. The minimum Gasteiger partial charge on any atom is -0.354 e. The number of sulfonamides is 1. The highest BCUT2D eigenvalue weighted by Gasteiger charge is 2.34. The fourth-order valence-corrected chi connectivity index (χ4v) is 6.30. The molecule has 1 N–H and O–H groups in total. The van der Waals surface area contributed by atoms with Crippen LogP contribution in [0.5, 0.6) is 0 Å². The number of carbonyl (C=O) groups excluding carboxylic acids is 2. The third-order valence-electron chi connectivity index (χ3n) is 7.20. The molecule has 1 atom stereocenters. The first-order valence-corrected chi connectivity index (χ1v) is 16.0. The van der Waals surface area contributed by atoms with Crippen molar-refractivity contribution in [3.63, 3.8) is 0 Å². The van der Waals surface area contributed by atoms with Crippen LogP contribution in [-0.4, -0.2) is 44.3 Å². The Kier molecular flexibility index (Phi) is 11.1. The number of aryl methyl sites for hydroxylation is 1. The van der Waals surface area contributed by atoms with Gasteiger partial charge in [-0.05, 0) is 54.3 Å². The van der Waals surface area contributed by atoms with Crippen molar-refractivity contribution in [2.24, 2.45) is 0 Å². The van der Waals surface area contributed by atoms with Crippen LogP contribution in [0.1, 0.15) is 36.5 Å². The molecular formula is C35H39N3O4S. The van der Waals surface area contributed by atoms with Crippen LogP contribution in [0.15, 0.2) is 120 Å². The van der Waals surface area contributed by atoms with Crippen LogP contribution >= 0.6 is 0 Å². The van der Waals surface area contributed by atoms with Gasteiger partial charge in [-0.15, -0.1) is 0 Å². The lowest BCUT2D eigenvalue weighted by molar-refractivity contribution is -0.140. The smallest absolute Gasteiger partial charge is 0.264 e. The number of nitrogens with one attached hydrogen (secondary N) is 1. The fourth-order valence-electron chi connectivity index (χ4n) is 4.87. The third kappa shape index (κ3) is 8.55. The van der Waals surface area contributed by atoms with E-state index in [-0.39, 0.29) is 23.8 Å². The SMILES string of the molecule is CCCCNC(=O)[C@H](Cc1ccccc1)N(Cc1ccccc1)C(=O)CN(c1cccc(C)c1)S(=O)(=O)c1ccccc1. The molecule has 0 fully saturated rings. The number of unbranched alkanes of at least 4 members (excludes halogenated alkanes) is 1. The molecule has 2 amide bonds. The van der Waals surface area contributed by atoms with Crippen molar-refractivity contribution in [1.82, 2.24) is 10.2 Å². The highest BCUT2D eigenvalue weighted by Crippen LogP contribution is 2.25. The van der Waals surface area contributed by atoms with Crippen molar-refractivity contribution in [2.45, 2.75) is 50.6 Å². The molecule has 8 heteroatoms. The molecule has 0 unspecified atom stereocenters. The maximum Gasteiger partial charge on any atom is 0.264 e. The standard InChI is InChI=1S/C35H39N3O4S/c1-3-4-23-36-35(40)33(25-29-16-8-5-9-17-29)37(26-30-18-10-6-11-19-30)34(39)27-38(31-20-14-15-28(2)24-31)43(41,42)32-21-12-7-13-22-32/h5-22,24,33H,3-4,23,25-27H2,1-2H3,(H,36,40)/t33-/m0/s1. The second-order valence-corrected chi connectivity index (χ2v) is 12.4. The minimum absolute atomic E-state index is 0.0806. The lowest BCUT2D eigenvalue weighted by atomic mass is 10.0. The van der Waals surface area contributed by atoms with Gasteiger partial charge in [0.15, 0.2) is 0 Å². The summed E-state index contributed by atoms with van der Waals surface area (Å²) in [5, 5.41) is 3.01. The topological polar surface area (TPSA) is 86.8 Å². The normalized spacial score (nSPS) is 11.9. The molecule has 43 heavy (non-hydrogen) atoms. The van der Waals surface area contributed by atoms with Gasteiger partial charge >= 0.3 is 0 Å². The molecule has 4 aromatic rings. The highest BCUT2D eigenvalue weighted by atomic mass is 32.2. The van der Waals surface area contributed by atoms with E-state index in [1.807, 2.05) is 80.6 Å². The molecule has 0 saturated carbocycles. The van der Waals surface area contributed by atoms with E-state index in [9.17, 15) is 18.0 Å². The van der Waals surface area contributed by atoms with Crippen LogP contribution in [0.4, 0.5) is 5.69 Å². The number of anilines is 1. The summed E-state index contributed by atoms with van der Waals surface area (Å²) in [5.41, 5.74) is 2.97. The van der Waals surface area contributed by atoms with Gasteiger partial charge in [0, 0.05) is 19.5 Å². The van der Waals surface area contributed by atoms with Gasteiger partial charge in [-0.1, -0.05) is 104 Å². The van der Waals surface area contributed by atoms with E-state index in [1.165, 1.54) is 17.0 Å². The molecule has 7 nitrogen and oxygen atoms in total. The summed E-state index contributed by atoms with van der Waals surface area (Å²) in [5.74, 6) is -0.744. The molecular weight excluding hydrogens is 558 g/mol. The van der Waals surface area contributed by atoms with Crippen molar-refractivity contribution >= 4 is 27.5 Å². The van der Waals surface area contributed by atoms with Gasteiger partial charge in [0.25, 0.3) is 10.0 Å². The van der Waals surface area contributed by atoms with Crippen molar-refractivity contribution in [1.29, 1.82) is 0 Å². The lowest BCUT2D eigenvalue weighted by Gasteiger charge is -2.34. The van der Waals surface area contributed by atoms with E-state index in [4.69, 9.17) is 0 Å². The number of amides is 2. The number of carbonyl (C=O) groups is 2. The first kappa shape index (κ1) is 31.5. The Morgan fingerprint density at radius 3 is 2.00 bits per heavy atom. The Balaban J connectivity index is 1.77. The van der Waals surface area contributed by atoms with Gasteiger partial charge in [-0.25, -0.2) is 8.42 Å². The van der Waals surface area contributed by atoms with E-state index in [0.717, 1.165) is 33.8 Å². The van der Waals surface area contributed by atoms with E-state index < -0.39 is 28.5 Å². The van der Waals surface area contributed by atoms with E-state index in [1.54, 1.807) is 36.4 Å². The average Bonchev–Trinajstić information content (AvgIpc) is 3.03. The second kappa shape index (κ2) is 15.2. The molecule has 0 aliphatic heterocycles. The molecule has 0 aromatic heterocycles. The first-order valence-electron chi connectivity index (χ1n) is 14.6. The first-order chi connectivity index (χ1) is 20.8. The average molecular weight is 598 g/mol. The van der Waals surface area contributed by atoms with Crippen LogP contribution in [-0.2, 0) is 32.6 Å². The molecule has 0 aliphatic rings. The number of hydrogen-bond acceptors (Lipinski definition) is 4. The Morgan fingerprint density at radius 2 is 1.40 bits per heavy atom. The molecule has 224 valence electrons. The summed E-state index contributed by atoms with van der Waals surface area (Å²) in [6.45, 7) is 4.08. The van der Waals surface area contributed by atoms with Crippen LogP contribution in [0.25, 0.3) is 0 Å². The van der Waals surface area contributed by atoms with E-state index in [2.05, 4.69) is 5.32 Å². The lowest BCUT2D eigenvalue weighted by Crippen LogP contribution is -2.53. The van der Waals surface area contributed by atoms with Gasteiger partial charge in [0.1, 0.15) is 12.6 Å². The predicted molar refractivity (Wildman–Crippen MR) is 171 cm³/mol. The van der Waals surface area contributed by atoms with Gasteiger partial charge in [0.05, 0.1) is 10.6 Å². The Hall–Kier alpha value is -4.43. The van der Waals surface area contributed by atoms with Crippen LogP contribution < -0.4 is 9.62 Å². The largest absolute Gasteiger partial charge is 0.354 e. The maximum atomic E-state index is 14.4. The highest BCUT2D eigenvalue weighted by molar-refractivity contribution is 7.92. The zero-order valence-electron chi connectivity index (χ0n) is 24.7. The van der Waals surface area contributed by atoms with Crippen LogP contribution in [0.2, 0.25) is 0 Å². The Labute approximate surface area is 255 Å². The summed E-state index contributed by atoms with van der Waals surface area (Å²) in [6, 6.07) is 33.3. The van der Waals surface area contributed by atoms with Crippen molar-refractivity contribution in [2.75, 3.05) is 17.4 Å². The quantitative estimate of drug-likeness (QED) is 0.188. The molecule has 0 bridgehead atoms. The van der Waals surface area contributed by atoms with Gasteiger partial charge in [0.2, 0.25) is 11.8 Å². The molecule has 0 heterocycles. The van der Waals surface area contributed by atoms with Gasteiger partial charge in [-0.3, -0.25) is 13.9 Å². The van der Waals surface area contributed by atoms with E-state index in [0.29, 0.717) is 12.2 Å². The Morgan fingerprint density at radius 1 is 0.791 bits per heavy atom. The zero-order chi connectivity index (χ0) is 30.7. The number of hydrogen-bond donors (Lipinski definition) is 1. The number of rotatable bonds is 14. The number of nitrogens with zero attached hydrogens (tertiary/aromatic N) is 2. The summed E-state index contributed by atoms with van der Waals surface area (Å²) in [7, 11) is -4.11. The molecule has 0 radical (unpaired) electrons. The fraction of sp³-hybridized carbons (Fsp3) is 0.257. The van der Waals surface area contributed by atoms with E-state index >= 15 is 0 Å². The van der Waals surface area contributed by atoms with Crippen molar-refractivity contribution in [3.05, 3.63) is 132 Å². The molecule has 4 rings (SSSR count). The summed E-state index contributed by atoms with van der Waals surface area (Å²) < 4.78 is 29.2. The molecule has 0 aliphatic carbocycles. The molecule has 0 saturated heterocycles.